The van der Waals surface area contributed by atoms with Crippen LogP contribution in [0.5, 0.6) is 5.75 Å². The van der Waals surface area contributed by atoms with E-state index in [1.54, 1.807) is 35.3 Å². The molecule has 1 amide bonds. The fraction of sp³-hybridized carbons (Fsp3) is 0.0909. The lowest BCUT2D eigenvalue weighted by Crippen LogP contribution is -2.09. The molecule has 0 radical (unpaired) electrons. The van der Waals surface area contributed by atoms with Gasteiger partial charge in [-0.15, -0.1) is 11.3 Å². The lowest BCUT2D eigenvalue weighted by molar-refractivity contribution is 0.103. The predicted octanol–water partition coefficient (Wildman–Crippen LogP) is 5.62. The number of nitrogens with zero attached hydrogens (tertiary/aromatic N) is 2. The minimum absolute atomic E-state index is 0.223. The van der Waals surface area contributed by atoms with Crippen molar-refractivity contribution in [2.24, 2.45) is 0 Å². The molecular weight excluding hydrogens is 425 g/mol. The van der Waals surface area contributed by atoms with Crippen LogP contribution in [0.25, 0.3) is 0 Å². The van der Waals surface area contributed by atoms with E-state index in [1.165, 1.54) is 23.5 Å². The van der Waals surface area contributed by atoms with Crippen molar-refractivity contribution in [1.82, 2.24) is 9.78 Å². The number of thiophene rings is 1. The second-order valence-electron chi connectivity index (χ2n) is 6.58. The summed E-state index contributed by atoms with van der Waals surface area (Å²) in [4.78, 5) is 13.1. The van der Waals surface area contributed by atoms with E-state index < -0.39 is 0 Å². The number of rotatable bonds is 7. The molecular formula is C22H17ClFN3O2S. The average Bonchev–Trinajstić information content (AvgIpc) is 3.36. The molecule has 0 bridgehead atoms. The van der Waals surface area contributed by atoms with E-state index in [0.717, 1.165) is 11.1 Å². The third kappa shape index (κ3) is 5.25. The number of anilines is 1. The van der Waals surface area contributed by atoms with Crippen LogP contribution in [0.2, 0.25) is 5.02 Å². The van der Waals surface area contributed by atoms with Gasteiger partial charge >= 0.3 is 0 Å². The summed E-state index contributed by atoms with van der Waals surface area (Å²) in [6, 6.07) is 15.3. The first-order valence-electron chi connectivity index (χ1n) is 9.09. The standard InChI is InChI=1S/C22H17ClFN3O2S/c23-17-4-1-3-15(7-17)11-27-12-19(10-25-27)26-22(28)21-8-16(14-30-21)13-29-20-6-2-5-18(24)9-20/h1-10,12,14H,11,13H2,(H,26,28). The fourth-order valence-electron chi connectivity index (χ4n) is 2.82. The number of hydrogen-bond donors (Lipinski definition) is 1. The van der Waals surface area contributed by atoms with Gasteiger partial charge in [0, 0.05) is 22.8 Å². The highest BCUT2D eigenvalue weighted by Gasteiger charge is 2.11. The van der Waals surface area contributed by atoms with E-state index >= 15 is 0 Å². The first-order chi connectivity index (χ1) is 14.5. The van der Waals surface area contributed by atoms with Crippen molar-refractivity contribution in [1.29, 1.82) is 0 Å². The van der Waals surface area contributed by atoms with Crippen molar-refractivity contribution in [3.63, 3.8) is 0 Å². The van der Waals surface area contributed by atoms with Gasteiger partial charge in [0.2, 0.25) is 0 Å². The van der Waals surface area contributed by atoms with Crippen molar-refractivity contribution >= 4 is 34.5 Å². The fourth-order valence-corrected chi connectivity index (χ4v) is 3.83. The minimum atomic E-state index is -0.353. The van der Waals surface area contributed by atoms with Crippen molar-refractivity contribution in [2.45, 2.75) is 13.2 Å². The van der Waals surface area contributed by atoms with E-state index in [1.807, 2.05) is 29.6 Å². The molecule has 8 heteroatoms. The molecule has 30 heavy (non-hydrogen) atoms. The Kier molecular flexibility index (Phi) is 6.11. The van der Waals surface area contributed by atoms with Crippen LogP contribution in [-0.2, 0) is 13.2 Å². The number of carbonyl (C=O) groups is 1. The number of hydrogen-bond acceptors (Lipinski definition) is 4. The zero-order valence-corrected chi connectivity index (χ0v) is 17.3. The molecule has 0 spiro atoms. The molecule has 0 aliphatic heterocycles. The van der Waals surface area contributed by atoms with Gasteiger partial charge in [0.1, 0.15) is 18.2 Å². The van der Waals surface area contributed by atoms with Gasteiger partial charge in [-0.25, -0.2) is 4.39 Å². The Balaban J connectivity index is 1.34. The maximum absolute atomic E-state index is 13.2. The molecule has 0 saturated carbocycles. The number of amides is 1. The van der Waals surface area contributed by atoms with E-state index in [9.17, 15) is 9.18 Å². The van der Waals surface area contributed by atoms with Crippen molar-refractivity contribution in [3.8, 4) is 5.75 Å². The second-order valence-corrected chi connectivity index (χ2v) is 7.92. The van der Waals surface area contributed by atoms with Gasteiger partial charge in [-0.1, -0.05) is 29.8 Å². The summed E-state index contributed by atoms with van der Waals surface area (Å²) < 4.78 is 20.5. The first-order valence-corrected chi connectivity index (χ1v) is 10.3. The molecule has 4 aromatic rings. The van der Waals surface area contributed by atoms with Gasteiger partial charge < -0.3 is 10.1 Å². The Morgan fingerprint density at radius 3 is 2.87 bits per heavy atom. The van der Waals surface area contributed by atoms with Crippen LogP contribution < -0.4 is 10.1 Å². The molecule has 2 heterocycles. The van der Waals surface area contributed by atoms with E-state index in [4.69, 9.17) is 16.3 Å². The summed E-state index contributed by atoms with van der Waals surface area (Å²) in [5.74, 6) is -0.132. The summed E-state index contributed by atoms with van der Waals surface area (Å²) in [7, 11) is 0. The lowest BCUT2D eigenvalue weighted by Gasteiger charge is -2.04. The molecule has 0 saturated heterocycles. The topological polar surface area (TPSA) is 56.2 Å². The quantitative estimate of drug-likeness (QED) is 0.405. The zero-order chi connectivity index (χ0) is 20.9. The van der Waals surface area contributed by atoms with Crippen molar-refractivity contribution in [3.05, 3.63) is 99.2 Å². The second kappa shape index (κ2) is 9.11. The number of nitrogens with one attached hydrogen (secondary N) is 1. The molecule has 0 aliphatic carbocycles. The molecule has 2 aromatic carbocycles. The molecule has 0 unspecified atom stereocenters. The van der Waals surface area contributed by atoms with Gasteiger partial charge in [-0.2, -0.15) is 5.10 Å². The van der Waals surface area contributed by atoms with Crippen LogP contribution in [0.1, 0.15) is 20.8 Å². The molecule has 0 fully saturated rings. The Hall–Kier alpha value is -3.16. The zero-order valence-electron chi connectivity index (χ0n) is 15.7. The van der Waals surface area contributed by atoms with E-state index in [0.29, 0.717) is 27.9 Å². The number of benzene rings is 2. The maximum Gasteiger partial charge on any atom is 0.265 e. The van der Waals surface area contributed by atoms with Crippen molar-refractivity contribution < 1.29 is 13.9 Å². The summed E-state index contributed by atoms with van der Waals surface area (Å²) in [5, 5.41) is 9.63. The smallest absolute Gasteiger partial charge is 0.265 e. The highest BCUT2D eigenvalue weighted by atomic mass is 35.5. The highest BCUT2D eigenvalue weighted by Crippen LogP contribution is 2.20. The molecule has 0 atom stereocenters. The molecule has 0 aliphatic rings. The maximum atomic E-state index is 13.2. The monoisotopic (exact) mass is 441 g/mol. The Labute approximate surface area is 181 Å². The van der Waals surface area contributed by atoms with Gasteiger partial charge in [-0.3, -0.25) is 9.48 Å². The Morgan fingerprint density at radius 1 is 1.17 bits per heavy atom. The van der Waals surface area contributed by atoms with Crippen LogP contribution in [0, 0.1) is 5.82 Å². The van der Waals surface area contributed by atoms with Gasteiger partial charge in [-0.05, 0) is 41.3 Å². The average molecular weight is 442 g/mol. The predicted molar refractivity (Wildman–Crippen MR) is 116 cm³/mol. The third-order valence-corrected chi connectivity index (χ3v) is 5.42. The SMILES string of the molecule is O=C(Nc1cnn(Cc2cccc(Cl)c2)c1)c1cc(COc2cccc(F)c2)cs1. The minimum Gasteiger partial charge on any atom is -0.489 e. The Bertz CT molecular complexity index is 1170. The highest BCUT2D eigenvalue weighted by molar-refractivity contribution is 7.12. The summed E-state index contributed by atoms with van der Waals surface area (Å²) in [5.41, 5.74) is 2.46. The number of carbonyl (C=O) groups excluding carboxylic acids is 1. The molecule has 2 aromatic heterocycles. The van der Waals surface area contributed by atoms with Crippen LogP contribution in [-0.4, -0.2) is 15.7 Å². The summed E-state index contributed by atoms with van der Waals surface area (Å²) in [6.07, 6.45) is 3.37. The van der Waals surface area contributed by atoms with Crippen LogP contribution in [0.3, 0.4) is 0 Å². The summed E-state index contributed by atoms with van der Waals surface area (Å²) >= 11 is 7.33. The van der Waals surface area contributed by atoms with E-state index in [2.05, 4.69) is 10.4 Å². The van der Waals surface area contributed by atoms with Gasteiger partial charge in [0.25, 0.3) is 5.91 Å². The van der Waals surface area contributed by atoms with Crippen molar-refractivity contribution in [2.75, 3.05) is 5.32 Å². The molecule has 152 valence electrons. The number of aromatic nitrogens is 2. The lowest BCUT2D eigenvalue weighted by atomic mass is 10.2. The Morgan fingerprint density at radius 2 is 2.03 bits per heavy atom. The summed E-state index contributed by atoms with van der Waals surface area (Å²) in [6.45, 7) is 0.807. The number of halogens is 2. The number of ether oxygens (including phenoxy) is 1. The van der Waals surface area contributed by atoms with Crippen LogP contribution in [0.4, 0.5) is 10.1 Å². The van der Waals surface area contributed by atoms with Crippen LogP contribution >= 0.6 is 22.9 Å². The van der Waals surface area contributed by atoms with Gasteiger partial charge in [0.15, 0.2) is 0 Å². The molecule has 1 N–H and O–H groups in total. The van der Waals surface area contributed by atoms with E-state index in [-0.39, 0.29) is 18.3 Å². The third-order valence-electron chi connectivity index (χ3n) is 4.20. The first kappa shape index (κ1) is 20.1. The molecule has 5 nitrogen and oxygen atoms in total. The largest absolute Gasteiger partial charge is 0.489 e. The molecule has 4 rings (SSSR count). The normalized spacial score (nSPS) is 10.7. The van der Waals surface area contributed by atoms with Crippen LogP contribution in [0.15, 0.2) is 72.4 Å². The van der Waals surface area contributed by atoms with Gasteiger partial charge in [0.05, 0.1) is 23.3 Å².